The van der Waals surface area contributed by atoms with Crippen molar-refractivity contribution in [2.24, 2.45) is 5.92 Å². The molecular weight excluding hydrogens is 357 g/mol. The molecule has 0 spiro atoms. The molecule has 0 aliphatic carbocycles. The number of Topliss-reactive ketones (excluding diaryl/α,β-unsaturated/α-hetero) is 1. The molecule has 1 unspecified atom stereocenters. The summed E-state index contributed by atoms with van der Waals surface area (Å²) in [5.74, 6) is 0.319. The molecule has 0 amide bonds. The van der Waals surface area contributed by atoms with E-state index >= 15 is 0 Å². The summed E-state index contributed by atoms with van der Waals surface area (Å²) in [6.45, 7) is 1.72. The highest BCUT2D eigenvalue weighted by Crippen LogP contribution is 2.29. The Morgan fingerprint density at radius 3 is 2.37 bits per heavy atom. The van der Waals surface area contributed by atoms with E-state index in [1.807, 2.05) is 0 Å². The summed E-state index contributed by atoms with van der Waals surface area (Å²) in [6, 6.07) is 9.80. The van der Waals surface area contributed by atoms with E-state index in [0.29, 0.717) is 22.4 Å². The molecule has 0 heterocycles. The second kappa shape index (κ2) is 8.86. The zero-order valence-corrected chi connectivity index (χ0v) is 15.1. The first-order valence-corrected chi connectivity index (χ1v) is 8.42. The first-order chi connectivity index (χ1) is 12.7. The average molecular weight is 378 g/mol. The van der Waals surface area contributed by atoms with E-state index in [2.05, 4.69) is 0 Å². The monoisotopic (exact) mass is 378 g/mol. The van der Waals surface area contributed by atoms with E-state index < -0.39 is 11.7 Å². The molecule has 2 aromatic rings. The zero-order valence-electron chi connectivity index (χ0n) is 15.1. The van der Waals surface area contributed by atoms with Crippen LogP contribution in [0.2, 0.25) is 0 Å². The second-order valence-electron chi connectivity index (χ2n) is 6.32. The molecule has 0 aliphatic rings. The number of aliphatic hydroxyl groups excluding tert-OH is 1. The number of halogens is 3. The number of alkyl halides is 3. The van der Waals surface area contributed by atoms with Gasteiger partial charge in [-0.05, 0) is 41.8 Å². The van der Waals surface area contributed by atoms with Gasteiger partial charge in [0.05, 0.1) is 12.7 Å². The summed E-state index contributed by atoms with van der Waals surface area (Å²) >= 11 is 0. The second-order valence-corrected chi connectivity index (χ2v) is 6.32. The van der Waals surface area contributed by atoms with Gasteiger partial charge in [0, 0.05) is 24.2 Å². The number of methoxy groups -OCH3 is 1. The molecule has 2 aromatic carbocycles. The molecule has 0 saturated heterocycles. The van der Waals surface area contributed by atoms with E-state index in [1.54, 1.807) is 37.3 Å². The molecule has 0 radical (unpaired) electrons. The Balaban J connectivity index is 2.24. The molecule has 1 N–H and O–H groups in total. The Morgan fingerprint density at radius 1 is 1.15 bits per heavy atom. The lowest BCUT2D eigenvalue weighted by atomic mass is 9.98. The number of benzene rings is 2. The number of hydrogen-bond acceptors (Lipinski definition) is 3. The highest BCUT2D eigenvalue weighted by molar-refractivity contribution is 5.97. The molecule has 0 aromatic heterocycles. The normalized spacial score (nSPS) is 13.0. The summed E-state index contributed by atoms with van der Waals surface area (Å²) < 4.78 is 43.2. The number of rotatable bonds is 7. The maximum atomic E-state index is 12.6. The number of hydrogen-bond donors (Lipinski definition) is 1. The Hall–Kier alpha value is -2.60. The summed E-state index contributed by atoms with van der Waals surface area (Å²) in [5, 5.41) is 9.09. The van der Waals surface area contributed by atoms with Crippen LogP contribution in [-0.4, -0.2) is 24.6 Å². The maximum Gasteiger partial charge on any atom is 0.416 e. The van der Waals surface area contributed by atoms with Gasteiger partial charge in [-0.25, -0.2) is 0 Å². The summed E-state index contributed by atoms with van der Waals surface area (Å²) in [7, 11) is 1.50. The van der Waals surface area contributed by atoms with Gasteiger partial charge in [-0.1, -0.05) is 31.2 Å². The summed E-state index contributed by atoms with van der Waals surface area (Å²) in [4.78, 5) is 12.3. The smallest absolute Gasteiger partial charge is 0.416 e. The lowest BCUT2D eigenvalue weighted by Gasteiger charge is -2.10. The zero-order chi connectivity index (χ0) is 20.0. The summed E-state index contributed by atoms with van der Waals surface area (Å²) in [5.41, 5.74) is 1.02. The third-order valence-electron chi connectivity index (χ3n) is 4.09. The largest absolute Gasteiger partial charge is 0.496 e. The lowest BCUT2D eigenvalue weighted by molar-refractivity contribution is -0.137. The molecule has 27 heavy (non-hydrogen) atoms. The van der Waals surface area contributed by atoms with Crippen LogP contribution in [0, 0.1) is 5.92 Å². The minimum absolute atomic E-state index is 0.0669. The Kier molecular flexibility index (Phi) is 6.80. The number of carbonyl (C=O) groups is 1. The van der Waals surface area contributed by atoms with Gasteiger partial charge in [0.2, 0.25) is 0 Å². The lowest BCUT2D eigenvalue weighted by Crippen LogP contribution is -2.09. The quantitative estimate of drug-likeness (QED) is 0.539. The van der Waals surface area contributed by atoms with Crippen LogP contribution in [0.15, 0.2) is 42.5 Å². The first-order valence-electron chi connectivity index (χ1n) is 8.42. The van der Waals surface area contributed by atoms with Crippen LogP contribution in [0.3, 0.4) is 0 Å². The molecule has 0 saturated carbocycles. The van der Waals surface area contributed by atoms with Crippen molar-refractivity contribution >= 4 is 17.9 Å². The minimum Gasteiger partial charge on any atom is -0.496 e. The van der Waals surface area contributed by atoms with E-state index in [4.69, 9.17) is 9.84 Å². The van der Waals surface area contributed by atoms with E-state index in [0.717, 1.165) is 12.1 Å². The molecule has 0 aliphatic heterocycles. The van der Waals surface area contributed by atoms with Crippen LogP contribution in [0.25, 0.3) is 12.2 Å². The van der Waals surface area contributed by atoms with Gasteiger partial charge < -0.3 is 9.84 Å². The highest BCUT2D eigenvalue weighted by atomic mass is 19.4. The van der Waals surface area contributed by atoms with Crippen LogP contribution < -0.4 is 4.74 Å². The minimum atomic E-state index is -4.37. The Morgan fingerprint density at radius 2 is 1.81 bits per heavy atom. The number of ketones is 1. The van der Waals surface area contributed by atoms with Crippen molar-refractivity contribution in [2.45, 2.75) is 19.5 Å². The predicted octanol–water partition coefficient (Wildman–Crippen LogP) is 5.09. The van der Waals surface area contributed by atoms with Crippen molar-refractivity contribution in [1.29, 1.82) is 0 Å². The predicted molar refractivity (Wildman–Crippen MR) is 98.6 cm³/mol. The maximum absolute atomic E-state index is 12.6. The van der Waals surface area contributed by atoms with Crippen molar-refractivity contribution in [3.8, 4) is 5.75 Å². The SMILES string of the molecule is COc1ccc(C(=O)CC(C)CO)cc1/C=C/c1ccc(C(F)(F)F)cc1. The van der Waals surface area contributed by atoms with Crippen LogP contribution in [-0.2, 0) is 6.18 Å². The number of carbonyl (C=O) groups excluding carboxylic acids is 1. The van der Waals surface area contributed by atoms with Crippen molar-refractivity contribution in [2.75, 3.05) is 13.7 Å². The fraction of sp³-hybridized carbons (Fsp3) is 0.286. The average Bonchev–Trinajstić information content (AvgIpc) is 2.65. The van der Waals surface area contributed by atoms with Gasteiger partial charge in [0.1, 0.15) is 5.75 Å². The number of ether oxygens (including phenoxy) is 1. The van der Waals surface area contributed by atoms with Gasteiger partial charge in [0.25, 0.3) is 0 Å². The van der Waals surface area contributed by atoms with E-state index in [-0.39, 0.29) is 24.7 Å². The Labute approximate surface area is 156 Å². The standard InChI is InChI=1S/C21H21F3O3/c1-14(13-25)11-19(26)16-7-10-20(27-2)17(12-16)6-3-15-4-8-18(9-5-15)21(22,23)24/h3-10,12,14,25H,11,13H2,1-2H3/b6-3+. The third kappa shape index (κ3) is 5.69. The van der Waals surface area contributed by atoms with Crippen LogP contribution in [0.4, 0.5) is 13.2 Å². The molecule has 144 valence electrons. The topological polar surface area (TPSA) is 46.5 Å². The van der Waals surface area contributed by atoms with E-state index in [9.17, 15) is 18.0 Å². The van der Waals surface area contributed by atoms with Gasteiger partial charge >= 0.3 is 6.18 Å². The van der Waals surface area contributed by atoms with Gasteiger partial charge in [-0.15, -0.1) is 0 Å². The molecular formula is C21H21F3O3. The molecule has 0 fully saturated rings. The first kappa shape index (κ1) is 20.7. The molecule has 3 nitrogen and oxygen atoms in total. The van der Waals surface area contributed by atoms with Crippen LogP contribution >= 0.6 is 0 Å². The van der Waals surface area contributed by atoms with Crippen LogP contribution in [0.1, 0.15) is 40.4 Å². The third-order valence-corrected chi connectivity index (χ3v) is 4.09. The van der Waals surface area contributed by atoms with Crippen molar-refractivity contribution in [3.63, 3.8) is 0 Å². The Bertz CT molecular complexity index is 808. The van der Waals surface area contributed by atoms with Crippen molar-refractivity contribution < 1.29 is 27.8 Å². The fourth-order valence-electron chi connectivity index (χ4n) is 2.51. The van der Waals surface area contributed by atoms with Crippen molar-refractivity contribution in [3.05, 3.63) is 64.7 Å². The van der Waals surface area contributed by atoms with Crippen molar-refractivity contribution in [1.82, 2.24) is 0 Å². The molecule has 2 rings (SSSR count). The fourth-order valence-corrected chi connectivity index (χ4v) is 2.51. The molecule has 0 bridgehead atoms. The number of aliphatic hydroxyl groups is 1. The highest BCUT2D eigenvalue weighted by Gasteiger charge is 2.29. The van der Waals surface area contributed by atoms with Gasteiger partial charge in [0.15, 0.2) is 5.78 Å². The van der Waals surface area contributed by atoms with Gasteiger partial charge in [-0.3, -0.25) is 4.79 Å². The van der Waals surface area contributed by atoms with E-state index in [1.165, 1.54) is 19.2 Å². The molecule has 6 heteroatoms. The summed E-state index contributed by atoms with van der Waals surface area (Å²) in [6.07, 6.45) is -0.799. The molecule has 1 atom stereocenters. The van der Waals surface area contributed by atoms with Gasteiger partial charge in [-0.2, -0.15) is 13.2 Å². The van der Waals surface area contributed by atoms with Crippen LogP contribution in [0.5, 0.6) is 5.75 Å².